The molecule has 0 heterocycles. The fourth-order valence-electron chi connectivity index (χ4n) is 1.70. The molecule has 1 aromatic carbocycles. The standard InChI is InChI=1S/C13H18Cl2N2O.ClH/c1-9(8-17-12(18)6-3-7-16)13-10(14)4-2-5-11(13)15;/h2,4-5,9H,3,6-8,16H2,1H3,(H,17,18);1H. The second-order valence-corrected chi connectivity index (χ2v) is 5.05. The first-order valence-electron chi connectivity index (χ1n) is 5.97. The van der Waals surface area contributed by atoms with E-state index in [4.69, 9.17) is 28.9 Å². The Morgan fingerprint density at radius 1 is 1.37 bits per heavy atom. The zero-order chi connectivity index (χ0) is 13.5. The summed E-state index contributed by atoms with van der Waals surface area (Å²) in [5.41, 5.74) is 6.22. The Balaban J connectivity index is 0.00000324. The molecule has 3 nitrogen and oxygen atoms in total. The highest BCUT2D eigenvalue weighted by atomic mass is 35.5. The molecule has 0 fully saturated rings. The number of nitrogens with two attached hydrogens (primary N) is 1. The Hall–Kier alpha value is -0.480. The molecule has 1 unspecified atom stereocenters. The Morgan fingerprint density at radius 2 is 1.95 bits per heavy atom. The summed E-state index contributed by atoms with van der Waals surface area (Å²) in [6.45, 7) is 3.03. The van der Waals surface area contributed by atoms with Crippen molar-refractivity contribution >= 4 is 41.5 Å². The van der Waals surface area contributed by atoms with Gasteiger partial charge < -0.3 is 11.1 Å². The molecular formula is C13H19Cl3N2O. The van der Waals surface area contributed by atoms with Gasteiger partial charge in [0, 0.05) is 28.9 Å². The molecule has 1 rings (SSSR count). The van der Waals surface area contributed by atoms with E-state index < -0.39 is 0 Å². The fraction of sp³-hybridized carbons (Fsp3) is 0.462. The van der Waals surface area contributed by atoms with Gasteiger partial charge in [-0.25, -0.2) is 0 Å². The van der Waals surface area contributed by atoms with Gasteiger partial charge in [-0.1, -0.05) is 36.2 Å². The topological polar surface area (TPSA) is 55.1 Å². The van der Waals surface area contributed by atoms with E-state index >= 15 is 0 Å². The van der Waals surface area contributed by atoms with Crippen molar-refractivity contribution in [1.82, 2.24) is 5.32 Å². The van der Waals surface area contributed by atoms with E-state index in [9.17, 15) is 4.79 Å². The molecule has 0 saturated carbocycles. The third-order valence-corrected chi connectivity index (χ3v) is 3.37. The molecule has 1 amide bonds. The van der Waals surface area contributed by atoms with Crippen LogP contribution in [0.5, 0.6) is 0 Å². The second-order valence-electron chi connectivity index (χ2n) is 4.23. The monoisotopic (exact) mass is 324 g/mol. The van der Waals surface area contributed by atoms with Crippen LogP contribution >= 0.6 is 35.6 Å². The largest absolute Gasteiger partial charge is 0.356 e. The Labute approximate surface area is 130 Å². The zero-order valence-corrected chi connectivity index (χ0v) is 13.1. The SMILES string of the molecule is CC(CNC(=O)CCCN)c1c(Cl)cccc1Cl.Cl. The molecule has 0 saturated heterocycles. The first kappa shape index (κ1) is 18.5. The molecule has 0 aliphatic carbocycles. The van der Waals surface area contributed by atoms with Gasteiger partial charge in [-0.05, 0) is 30.7 Å². The van der Waals surface area contributed by atoms with Gasteiger partial charge in [0.05, 0.1) is 0 Å². The van der Waals surface area contributed by atoms with Gasteiger partial charge in [-0.15, -0.1) is 12.4 Å². The van der Waals surface area contributed by atoms with E-state index in [2.05, 4.69) is 5.32 Å². The van der Waals surface area contributed by atoms with Crippen molar-refractivity contribution in [1.29, 1.82) is 0 Å². The zero-order valence-electron chi connectivity index (χ0n) is 10.8. The van der Waals surface area contributed by atoms with Crippen LogP contribution in [0, 0.1) is 0 Å². The van der Waals surface area contributed by atoms with Crippen LogP contribution < -0.4 is 11.1 Å². The van der Waals surface area contributed by atoms with Crippen molar-refractivity contribution in [2.24, 2.45) is 5.73 Å². The Morgan fingerprint density at radius 3 is 2.47 bits per heavy atom. The normalized spacial score (nSPS) is 11.6. The number of hydrogen-bond acceptors (Lipinski definition) is 2. The predicted molar refractivity (Wildman–Crippen MR) is 83.4 cm³/mol. The number of benzene rings is 1. The molecule has 0 radical (unpaired) electrons. The average Bonchev–Trinajstić information content (AvgIpc) is 2.33. The van der Waals surface area contributed by atoms with Crippen LogP contribution in [0.15, 0.2) is 18.2 Å². The lowest BCUT2D eigenvalue weighted by molar-refractivity contribution is -0.121. The van der Waals surface area contributed by atoms with Gasteiger partial charge in [0.1, 0.15) is 0 Å². The summed E-state index contributed by atoms with van der Waals surface area (Å²) in [5, 5.41) is 4.12. The minimum absolute atomic E-state index is 0. The number of amides is 1. The van der Waals surface area contributed by atoms with Crippen molar-refractivity contribution in [2.45, 2.75) is 25.7 Å². The summed E-state index contributed by atoms with van der Waals surface area (Å²) in [7, 11) is 0. The first-order valence-corrected chi connectivity index (χ1v) is 6.72. The van der Waals surface area contributed by atoms with Crippen molar-refractivity contribution in [3.05, 3.63) is 33.8 Å². The molecule has 3 N–H and O–H groups in total. The number of carbonyl (C=O) groups excluding carboxylic acids is 1. The van der Waals surface area contributed by atoms with E-state index in [0.29, 0.717) is 36.0 Å². The van der Waals surface area contributed by atoms with E-state index in [1.807, 2.05) is 6.92 Å². The minimum Gasteiger partial charge on any atom is -0.356 e. The molecule has 0 spiro atoms. The lowest BCUT2D eigenvalue weighted by Gasteiger charge is -2.16. The molecular weight excluding hydrogens is 307 g/mol. The number of hydrogen-bond donors (Lipinski definition) is 2. The molecule has 0 aliphatic rings. The molecule has 19 heavy (non-hydrogen) atoms. The quantitative estimate of drug-likeness (QED) is 0.842. The van der Waals surface area contributed by atoms with Crippen molar-refractivity contribution in [3.8, 4) is 0 Å². The minimum atomic E-state index is 0. The summed E-state index contributed by atoms with van der Waals surface area (Å²) in [5.74, 6) is 0.0866. The molecule has 0 aliphatic heterocycles. The number of halogens is 3. The highest BCUT2D eigenvalue weighted by molar-refractivity contribution is 6.36. The van der Waals surface area contributed by atoms with Crippen molar-refractivity contribution in [3.63, 3.8) is 0 Å². The Bertz CT molecular complexity index is 393. The average molecular weight is 326 g/mol. The second kappa shape index (κ2) is 9.43. The van der Waals surface area contributed by atoms with Gasteiger partial charge >= 0.3 is 0 Å². The van der Waals surface area contributed by atoms with Crippen LogP contribution in [-0.4, -0.2) is 19.0 Å². The van der Waals surface area contributed by atoms with Crippen LogP contribution in [0.25, 0.3) is 0 Å². The highest BCUT2D eigenvalue weighted by Gasteiger charge is 2.14. The van der Waals surface area contributed by atoms with Crippen LogP contribution in [0.1, 0.15) is 31.2 Å². The van der Waals surface area contributed by atoms with Crippen LogP contribution in [0.3, 0.4) is 0 Å². The summed E-state index contributed by atoms with van der Waals surface area (Å²) >= 11 is 12.2. The van der Waals surface area contributed by atoms with Gasteiger partial charge in [-0.2, -0.15) is 0 Å². The summed E-state index contributed by atoms with van der Waals surface area (Å²) < 4.78 is 0. The van der Waals surface area contributed by atoms with Gasteiger partial charge in [0.25, 0.3) is 0 Å². The first-order chi connectivity index (χ1) is 8.56. The smallest absolute Gasteiger partial charge is 0.220 e. The van der Waals surface area contributed by atoms with Gasteiger partial charge in [0.2, 0.25) is 5.91 Å². The van der Waals surface area contributed by atoms with Gasteiger partial charge in [0.15, 0.2) is 0 Å². The number of rotatable bonds is 6. The molecule has 6 heteroatoms. The summed E-state index contributed by atoms with van der Waals surface area (Å²) in [4.78, 5) is 11.5. The molecule has 108 valence electrons. The van der Waals surface area contributed by atoms with Crippen molar-refractivity contribution < 1.29 is 4.79 Å². The summed E-state index contributed by atoms with van der Waals surface area (Å²) in [6, 6.07) is 5.41. The third-order valence-electron chi connectivity index (χ3n) is 2.71. The van der Waals surface area contributed by atoms with Gasteiger partial charge in [-0.3, -0.25) is 4.79 Å². The highest BCUT2D eigenvalue weighted by Crippen LogP contribution is 2.30. The van der Waals surface area contributed by atoms with Crippen molar-refractivity contribution in [2.75, 3.05) is 13.1 Å². The van der Waals surface area contributed by atoms with E-state index in [1.165, 1.54) is 0 Å². The molecule has 1 aromatic rings. The molecule has 0 aromatic heterocycles. The molecule has 0 bridgehead atoms. The fourth-order valence-corrected chi connectivity index (χ4v) is 2.47. The number of carbonyl (C=O) groups is 1. The maximum atomic E-state index is 11.5. The van der Waals surface area contributed by atoms with Crippen LogP contribution in [-0.2, 0) is 4.79 Å². The maximum absolute atomic E-state index is 11.5. The summed E-state index contributed by atoms with van der Waals surface area (Å²) in [6.07, 6.45) is 1.16. The van der Waals surface area contributed by atoms with E-state index in [-0.39, 0.29) is 24.2 Å². The predicted octanol–water partition coefficient (Wildman–Crippen LogP) is 3.37. The lowest BCUT2D eigenvalue weighted by atomic mass is 10.0. The molecule has 1 atom stereocenters. The van der Waals surface area contributed by atoms with Crippen LogP contribution in [0.4, 0.5) is 0 Å². The van der Waals surface area contributed by atoms with E-state index in [1.54, 1.807) is 18.2 Å². The van der Waals surface area contributed by atoms with E-state index in [0.717, 1.165) is 5.56 Å². The Kier molecular flexibility index (Phi) is 9.19. The van der Waals surface area contributed by atoms with Crippen LogP contribution in [0.2, 0.25) is 10.0 Å². The third kappa shape index (κ3) is 6.00. The lowest BCUT2D eigenvalue weighted by Crippen LogP contribution is -2.27. The number of nitrogens with one attached hydrogen (secondary N) is 1. The maximum Gasteiger partial charge on any atom is 0.220 e.